The summed E-state index contributed by atoms with van der Waals surface area (Å²) in [6, 6.07) is 5.44. The molecule has 2 bridgehead atoms. The van der Waals surface area contributed by atoms with Gasteiger partial charge in [-0.25, -0.2) is 0 Å². The number of rotatable bonds is 4. The Labute approximate surface area is 204 Å². The van der Waals surface area contributed by atoms with Gasteiger partial charge in [-0.3, -0.25) is 4.79 Å². The van der Waals surface area contributed by atoms with Crippen LogP contribution in [0.5, 0.6) is 5.75 Å². The maximum absolute atomic E-state index is 13.1. The van der Waals surface area contributed by atoms with E-state index in [9.17, 15) is 9.90 Å². The number of carbonyl (C=O) groups is 1. The van der Waals surface area contributed by atoms with Crippen molar-refractivity contribution in [3.8, 4) is 5.75 Å². The van der Waals surface area contributed by atoms with E-state index in [-0.39, 0.29) is 23.5 Å². The average Bonchev–Trinajstić information content (AvgIpc) is 2.82. The van der Waals surface area contributed by atoms with Gasteiger partial charge < -0.3 is 42.3 Å². The van der Waals surface area contributed by atoms with Gasteiger partial charge in [0.15, 0.2) is 0 Å². The first-order valence-electron chi connectivity index (χ1n) is 12.8. The summed E-state index contributed by atoms with van der Waals surface area (Å²) in [5, 5.41) is 35.0. The van der Waals surface area contributed by atoms with Crippen molar-refractivity contribution in [2.24, 2.45) is 5.41 Å². The van der Waals surface area contributed by atoms with Gasteiger partial charge in [0.1, 0.15) is 5.75 Å². The number of nitrogens with one attached hydrogen (secondary N) is 7. The second-order valence-electron chi connectivity index (χ2n) is 10.0. The van der Waals surface area contributed by atoms with Crippen molar-refractivity contribution >= 4 is 5.91 Å². The third-order valence-corrected chi connectivity index (χ3v) is 7.12. The minimum Gasteiger partial charge on any atom is -0.508 e. The molecule has 4 rings (SSSR count). The number of aromatic hydroxyl groups is 1. The molecule has 9 nitrogen and oxygen atoms in total. The van der Waals surface area contributed by atoms with Crippen LogP contribution in [0.1, 0.15) is 24.5 Å². The Morgan fingerprint density at radius 1 is 0.853 bits per heavy atom. The zero-order valence-corrected chi connectivity index (χ0v) is 21.0. The molecule has 3 fully saturated rings. The lowest BCUT2D eigenvalue weighted by molar-refractivity contribution is -0.122. The van der Waals surface area contributed by atoms with Crippen LogP contribution in [0.3, 0.4) is 0 Å². The smallest absolute Gasteiger partial charge is 0.224 e. The molecule has 3 saturated heterocycles. The zero-order chi connectivity index (χ0) is 24.3. The Bertz CT molecular complexity index is 730. The molecule has 0 spiro atoms. The van der Waals surface area contributed by atoms with Gasteiger partial charge in [0.05, 0.1) is 12.0 Å². The number of hydrogen-bond donors (Lipinski definition) is 8. The van der Waals surface area contributed by atoms with Crippen LogP contribution in [0.15, 0.2) is 18.2 Å². The van der Waals surface area contributed by atoms with Crippen molar-refractivity contribution < 1.29 is 9.90 Å². The van der Waals surface area contributed by atoms with E-state index in [1.54, 1.807) is 6.07 Å². The first-order valence-corrected chi connectivity index (χ1v) is 12.8. The summed E-state index contributed by atoms with van der Waals surface area (Å²) >= 11 is 0. The quantitative estimate of drug-likeness (QED) is 0.281. The molecule has 3 aliphatic heterocycles. The van der Waals surface area contributed by atoms with Gasteiger partial charge in [-0.2, -0.15) is 0 Å². The van der Waals surface area contributed by atoms with E-state index in [4.69, 9.17) is 0 Å². The maximum atomic E-state index is 13.1. The number of hydrogen-bond acceptors (Lipinski definition) is 8. The van der Waals surface area contributed by atoms with Crippen LogP contribution in [-0.4, -0.2) is 95.1 Å². The largest absolute Gasteiger partial charge is 0.508 e. The molecule has 3 heterocycles. The topological polar surface area (TPSA) is 122 Å². The highest BCUT2D eigenvalue weighted by atomic mass is 16.3. The number of benzene rings is 1. The van der Waals surface area contributed by atoms with Gasteiger partial charge >= 0.3 is 0 Å². The first-order chi connectivity index (χ1) is 16.5. The van der Waals surface area contributed by atoms with E-state index >= 15 is 0 Å². The molecule has 1 aromatic rings. The molecule has 192 valence electrons. The minimum atomic E-state index is -0.467. The fourth-order valence-electron chi connectivity index (χ4n) is 4.75. The van der Waals surface area contributed by atoms with Crippen molar-refractivity contribution in [2.45, 2.75) is 32.2 Å². The molecule has 0 saturated carbocycles. The molecular weight excluding hydrogens is 430 g/mol. The van der Waals surface area contributed by atoms with Crippen molar-refractivity contribution in [2.75, 3.05) is 78.5 Å². The van der Waals surface area contributed by atoms with Gasteiger partial charge in [0.2, 0.25) is 5.91 Å². The predicted octanol–water partition coefficient (Wildman–Crippen LogP) is -0.941. The number of amides is 1. The monoisotopic (exact) mass is 475 g/mol. The first kappa shape index (κ1) is 26.8. The highest BCUT2D eigenvalue weighted by Crippen LogP contribution is 2.20. The summed E-state index contributed by atoms with van der Waals surface area (Å²) in [7, 11) is 0. The fourth-order valence-corrected chi connectivity index (χ4v) is 4.75. The van der Waals surface area contributed by atoms with Gasteiger partial charge in [0, 0.05) is 84.0 Å². The molecule has 0 radical (unpaired) electrons. The third kappa shape index (κ3) is 8.18. The molecule has 0 unspecified atom stereocenters. The van der Waals surface area contributed by atoms with Gasteiger partial charge in [-0.1, -0.05) is 19.1 Å². The Kier molecular flexibility index (Phi) is 10.6. The predicted molar refractivity (Wildman–Crippen MR) is 137 cm³/mol. The van der Waals surface area contributed by atoms with Crippen LogP contribution in [0.25, 0.3) is 0 Å². The Morgan fingerprint density at radius 3 is 1.76 bits per heavy atom. The van der Waals surface area contributed by atoms with E-state index in [0.717, 1.165) is 76.5 Å². The van der Waals surface area contributed by atoms with E-state index in [1.165, 1.54) is 0 Å². The summed E-state index contributed by atoms with van der Waals surface area (Å²) in [5.74, 6) is 0.182. The Hall–Kier alpha value is -1.75. The van der Waals surface area contributed by atoms with Crippen molar-refractivity contribution in [3.05, 3.63) is 29.3 Å². The summed E-state index contributed by atoms with van der Waals surface area (Å²) in [5.41, 5.74) is 1.34. The molecule has 1 aromatic carbocycles. The van der Waals surface area contributed by atoms with Crippen LogP contribution < -0.4 is 37.2 Å². The van der Waals surface area contributed by atoms with Gasteiger partial charge in [-0.05, 0) is 30.5 Å². The molecule has 1 amide bonds. The molecule has 0 atom stereocenters. The third-order valence-electron chi connectivity index (χ3n) is 7.12. The van der Waals surface area contributed by atoms with Gasteiger partial charge in [0.25, 0.3) is 0 Å². The molecule has 34 heavy (non-hydrogen) atoms. The summed E-state index contributed by atoms with van der Waals surface area (Å²) < 4.78 is 0. The number of aryl methyl sites for hydroxylation is 1. The average molecular weight is 476 g/mol. The minimum absolute atomic E-state index is 0.0435. The highest BCUT2D eigenvalue weighted by molar-refractivity contribution is 5.79. The molecule has 8 N–H and O–H groups in total. The van der Waals surface area contributed by atoms with Crippen LogP contribution in [0, 0.1) is 12.3 Å². The molecule has 9 heteroatoms. The number of phenols is 1. The summed E-state index contributed by atoms with van der Waals surface area (Å²) in [6.45, 7) is 14.2. The lowest BCUT2D eigenvalue weighted by Gasteiger charge is -2.38. The standard InChI is InChI=1S/C25H45N7O2/c1-3-24-14-26-6-9-29-17-25(18-30-10-7-27-15-24,19-31-11-8-28-16-24)32-23(34)13-21-5-4-20(2)22(33)12-21/h4-5,12,26-31,33H,3,6-11,13-19H2,1-2H3,(H,32,34). The van der Waals surface area contributed by atoms with E-state index < -0.39 is 5.54 Å². The lowest BCUT2D eigenvalue weighted by atomic mass is 9.84. The second-order valence-corrected chi connectivity index (χ2v) is 10.0. The molecule has 0 aliphatic carbocycles. The summed E-state index contributed by atoms with van der Waals surface area (Å²) in [6.07, 6.45) is 1.35. The van der Waals surface area contributed by atoms with Crippen LogP contribution in [-0.2, 0) is 11.2 Å². The number of phenolic OH excluding ortho intramolecular Hbond substituents is 1. The highest BCUT2D eigenvalue weighted by Gasteiger charge is 2.32. The van der Waals surface area contributed by atoms with Crippen LogP contribution in [0.4, 0.5) is 0 Å². The summed E-state index contributed by atoms with van der Waals surface area (Å²) in [4.78, 5) is 13.1. The molecular formula is C25H45N7O2. The van der Waals surface area contributed by atoms with Gasteiger partial charge in [-0.15, -0.1) is 0 Å². The fraction of sp³-hybridized carbons (Fsp3) is 0.720. The second kappa shape index (κ2) is 13.4. The van der Waals surface area contributed by atoms with Crippen molar-refractivity contribution in [1.82, 2.24) is 37.2 Å². The van der Waals surface area contributed by atoms with Crippen molar-refractivity contribution in [1.29, 1.82) is 0 Å². The molecule has 0 aromatic heterocycles. The molecule has 3 aliphatic rings. The maximum Gasteiger partial charge on any atom is 0.224 e. The number of carbonyl (C=O) groups excluding carboxylic acids is 1. The van der Waals surface area contributed by atoms with Crippen LogP contribution in [0.2, 0.25) is 0 Å². The Morgan fingerprint density at radius 2 is 1.32 bits per heavy atom. The van der Waals surface area contributed by atoms with E-state index in [2.05, 4.69) is 44.1 Å². The SMILES string of the molecule is CCC12CNCCNCC(NC(=O)Cc3ccc(C)c(O)c3)(CNCCNC1)CNCCNC2. The van der Waals surface area contributed by atoms with E-state index in [1.807, 2.05) is 19.1 Å². The van der Waals surface area contributed by atoms with E-state index in [0.29, 0.717) is 19.6 Å². The lowest BCUT2D eigenvalue weighted by Crippen LogP contribution is -2.66. The normalized spacial score (nSPS) is 28.1. The Balaban J connectivity index is 1.72. The number of fused-ring (bicyclic) bond motifs is 15. The zero-order valence-electron chi connectivity index (χ0n) is 21.0. The van der Waals surface area contributed by atoms with Crippen LogP contribution >= 0.6 is 0 Å². The van der Waals surface area contributed by atoms with Crippen molar-refractivity contribution in [3.63, 3.8) is 0 Å².